The summed E-state index contributed by atoms with van der Waals surface area (Å²) in [6.45, 7) is 13.2. The molecule has 2 atom stereocenters. The molecule has 2 fully saturated rings. The average molecular weight is 436 g/mol. The van der Waals surface area contributed by atoms with E-state index in [1.54, 1.807) is 55.4 Å². The molecule has 0 aromatic heterocycles. The highest BCUT2D eigenvalue weighted by molar-refractivity contribution is 5.78. The molecule has 2 saturated heterocycles. The second kappa shape index (κ2) is 8.20. The first-order chi connectivity index (χ1) is 13.4. The fourth-order valence-corrected chi connectivity index (χ4v) is 3.45. The van der Waals surface area contributed by atoms with Crippen LogP contribution >= 0.6 is 0 Å². The number of esters is 1. The monoisotopic (exact) mass is 435 g/mol. The maximum Gasteiger partial charge on any atom is 0.410 e. The molecule has 0 saturated carbocycles. The largest absolute Gasteiger partial charge is 0.458 e. The molecule has 0 aliphatic carbocycles. The number of nitrogens with one attached hydrogen (secondary N) is 1. The Kier molecular flexibility index (Phi) is 6.76. The van der Waals surface area contributed by atoms with Gasteiger partial charge in [-0.25, -0.2) is 23.4 Å². The van der Waals surface area contributed by atoms with E-state index in [1.165, 1.54) is 5.01 Å². The third-order valence-corrected chi connectivity index (χ3v) is 4.73. The lowest BCUT2D eigenvalue weighted by Gasteiger charge is -2.31. The molecule has 174 valence electrons. The Hall–Kier alpha value is -1.52. The number of halogens is 2. The molecule has 0 unspecified atom stereocenters. The Bertz CT molecular complexity index is 658. The minimum Gasteiger partial charge on any atom is -0.458 e. The molecule has 0 aromatic carbocycles. The maximum atomic E-state index is 14.7. The number of fused-ring (bicyclic) bond motifs is 1. The third-order valence-electron chi connectivity index (χ3n) is 4.73. The Morgan fingerprint density at radius 3 is 2.13 bits per heavy atom. The van der Waals surface area contributed by atoms with E-state index in [0.29, 0.717) is 0 Å². The van der Waals surface area contributed by atoms with Gasteiger partial charge in [-0.3, -0.25) is 10.3 Å². The van der Waals surface area contributed by atoms with E-state index < -0.39 is 53.4 Å². The molecule has 0 bridgehead atoms. The Balaban J connectivity index is 1.97. The lowest BCUT2D eigenvalue weighted by Crippen LogP contribution is -2.50. The van der Waals surface area contributed by atoms with Crippen LogP contribution in [0.4, 0.5) is 13.6 Å². The summed E-state index contributed by atoms with van der Waals surface area (Å²) in [6.07, 6.45) is -0.749. The van der Waals surface area contributed by atoms with Crippen molar-refractivity contribution in [3.63, 3.8) is 0 Å². The highest BCUT2D eigenvalue weighted by atomic mass is 19.3. The predicted molar refractivity (Wildman–Crippen MR) is 106 cm³/mol. The minimum atomic E-state index is -3.11. The number of ether oxygens (including phenoxy) is 3. The van der Waals surface area contributed by atoms with Crippen LogP contribution in [0.5, 0.6) is 0 Å². The maximum absolute atomic E-state index is 14.7. The summed E-state index contributed by atoms with van der Waals surface area (Å²) < 4.78 is 45.7. The molecule has 30 heavy (non-hydrogen) atoms. The van der Waals surface area contributed by atoms with E-state index in [4.69, 9.17) is 14.2 Å². The van der Waals surface area contributed by atoms with Crippen LogP contribution in [-0.4, -0.2) is 83.0 Å². The number of hydrogen-bond donors (Lipinski definition) is 1. The molecule has 0 aromatic rings. The first-order valence-corrected chi connectivity index (χ1v) is 10.2. The fraction of sp³-hybridized carbons (Fsp3) is 0.900. The number of carbonyl (C=O) groups is 2. The zero-order valence-corrected chi connectivity index (χ0v) is 19.2. The van der Waals surface area contributed by atoms with Gasteiger partial charge in [0, 0.05) is 13.1 Å². The van der Waals surface area contributed by atoms with Crippen LogP contribution in [0.15, 0.2) is 0 Å². The zero-order valence-electron chi connectivity index (χ0n) is 19.2. The van der Waals surface area contributed by atoms with Crippen LogP contribution in [0.3, 0.4) is 0 Å². The highest BCUT2D eigenvalue weighted by Crippen LogP contribution is 2.38. The molecular formula is C20H35F2N3O5. The molecule has 1 amide bonds. The third kappa shape index (κ3) is 6.01. The number of likely N-dealkylation sites (tertiary alicyclic amines) is 1. The predicted octanol–water partition coefficient (Wildman–Crippen LogP) is 2.57. The van der Waals surface area contributed by atoms with Gasteiger partial charge in [0.25, 0.3) is 5.92 Å². The fourth-order valence-electron chi connectivity index (χ4n) is 3.45. The van der Waals surface area contributed by atoms with Gasteiger partial charge in [0.1, 0.15) is 17.2 Å². The molecule has 0 radical (unpaired) electrons. The van der Waals surface area contributed by atoms with Crippen LogP contribution in [0.1, 0.15) is 55.4 Å². The number of hydrazine groups is 1. The van der Waals surface area contributed by atoms with Crippen molar-refractivity contribution < 1.29 is 32.6 Å². The van der Waals surface area contributed by atoms with Crippen molar-refractivity contribution in [2.45, 2.75) is 90.2 Å². The van der Waals surface area contributed by atoms with Gasteiger partial charge < -0.3 is 14.2 Å². The van der Waals surface area contributed by atoms with Crippen LogP contribution in [-0.2, 0) is 19.0 Å². The summed E-state index contributed by atoms with van der Waals surface area (Å²) in [5.74, 6) is -3.63. The van der Waals surface area contributed by atoms with E-state index in [2.05, 4.69) is 5.43 Å². The molecule has 2 aliphatic heterocycles. The van der Waals surface area contributed by atoms with Crippen LogP contribution in [0.25, 0.3) is 0 Å². The van der Waals surface area contributed by atoms with E-state index in [0.717, 1.165) is 4.90 Å². The summed E-state index contributed by atoms with van der Waals surface area (Å²) in [5, 5.41) is 1.39. The smallest absolute Gasteiger partial charge is 0.410 e. The molecule has 8 nitrogen and oxygen atoms in total. The van der Waals surface area contributed by atoms with Crippen molar-refractivity contribution in [2.75, 3.05) is 26.2 Å². The van der Waals surface area contributed by atoms with Gasteiger partial charge in [-0.15, -0.1) is 0 Å². The molecule has 2 rings (SSSR count). The lowest BCUT2D eigenvalue weighted by atomic mass is 10.1. The van der Waals surface area contributed by atoms with Crippen molar-refractivity contribution >= 4 is 12.1 Å². The second-order valence-electron chi connectivity index (χ2n) is 10.3. The quantitative estimate of drug-likeness (QED) is 0.665. The summed E-state index contributed by atoms with van der Waals surface area (Å²) >= 11 is 0. The molecular weight excluding hydrogens is 400 g/mol. The average Bonchev–Trinajstić information content (AvgIpc) is 3.04. The molecule has 2 aliphatic rings. The van der Waals surface area contributed by atoms with Gasteiger partial charge in [0.05, 0.1) is 19.2 Å². The van der Waals surface area contributed by atoms with E-state index in [-0.39, 0.29) is 19.7 Å². The van der Waals surface area contributed by atoms with E-state index in [9.17, 15) is 18.4 Å². The molecule has 0 spiro atoms. The highest BCUT2D eigenvalue weighted by Gasteiger charge is 2.61. The van der Waals surface area contributed by atoms with Crippen LogP contribution < -0.4 is 5.43 Å². The van der Waals surface area contributed by atoms with Gasteiger partial charge >= 0.3 is 12.1 Å². The van der Waals surface area contributed by atoms with Crippen molar-refractivity contribution in [3.05, 3.63) is 0 Å². The van der Waals surface area contributed by atoms with Crippen molar-refractivity contribution in [1.29, 1.82) is 0 Å². The molecule has 10 heteroatoms. The van der Waals surface area contributed by atoms with Crippen molar-refractivity contribution in [1.82, 2.24) is 15.3 Å². The van der Waals surface area contributed by atoms with E-state index >= 15 is 0 Å². The SMILES string of the molecule is CC(C)(C)OC(=O)N1CC(F)(F)[C@H]2[C@@H]1CNN2CCOC(C)(C)C(=O)OC(C)(C)C. The van der Waals surface area contributed by atoms with Crippen molar-refractivity contribution in [3.8, 4) is 0 Å². The summed E-state index contributed by atoms with van der Waals surface area (Å²) in [7, 11) is 0. The van der Waals surface area contributed by atoms with Gasteiger partial charge in [0.2, 0.25) is 0 Å². The van der Waals surface area contributed by atoms with Gasteiger partial charge in [-0.05, 0) is 55.4 Å². The Morgan fingerprint density at radius 1 is 1.03 bits per heavy atom. The summed E-state index contributed by atoms with van der Waals surface area (Å²) in [4.78, 5) is 25.7. The van der Waals surface area contributed by atoms with Crippen molar-refractivity contribution in [2.24, 2.45) is 0 Å². The number of nitrogens with zero attached hydrogens (tertiary/aromatic N) is 2. The first kappa shape index (κ1) is 24.7. The summed E-state index contributed by atoms with van der Waals surface area (Å²) in [5.41, 5.74) is 0.287. The van der Waals surface area contributed by atoms with E-state index in [1.807, 2.05) is 0 Å². The van der Waals surface area contributed by atoms with Gasteiger partial charge in [0.15, 0.2) is 5.60 Å². The normalized spacial score (nSPS) is 24.7. The number of amides is 1. The number of carbonyl (C=O) groups excluding carboxylic acids is 2. The first-order valence-electron chi connectivity index (χ1n) is 10.2. The molecule has 2 heterocycles. The van der Waals surface area contributed by atoms with Gasteiger partial charge in [-0.2, -0.15) is 0 Å². The number of alkyl halides is 2. The topological polar surface area (TPSA) is 80.3 Å². The van der Waals surface area contributed by atoms with Crippen LogP contribution in [0, 0.1) is 0 Å². The standard InChI is InChI=1S/C20H35F2N3O5/c1-17(2,3)29-15(26)19(7,8)28-10-9-25-14-13(11-23-25)24(12-20(14,21)22)16(27)30-18(4,5)6/h13-14,23H,9-12H2,1-8H3/t13-,14+/m0/s1. The molecule has 1 N–H and O–H groups in total. The Morgan fingerprint density at radius 2 is 1.60 bits per heavy atom. The Labute approximate surface area is 177 Å². The lowest BCUT2D eigenvalue weighted by molar-refractivity contribution is -0.180. The number of rotatable bonds is 5. The second-order valence-corrected chi connectivity index (χ2v) is 10.3. The summed E-state index contributed by atoms with van der Waals surface area (Å²) in [6, 6.07) is -1.91. The van der Waals surface area contributed by atoms with Gasteiger partial charge in [-0.1, -0.05) is 0 Å². The van der Waals surface area contributed by atoms with Crippen LogP contribution in [0.2, 0.25) is 0 Å². The number of hydrogen-bond acceptors (Lipinski definition) is 7. The zero-order chi connectivity index (χ0) is 23.1. The minimum absolute atomic E-state index is 0.0327.